The molecule has 0 atom stereocenters. The molecule has 0 spiro atoms. The third-order valence-corrected chi connectivity index (χ3v) is 1.75. The van der Waals surface area contributed by atoms with Crippen LogP contribution in [0.15, 0.2) is 24.3 Å². The lowest BCUT2D eigenvalue weighted by Gasteiger charge is -2.03. The second-order valence-electron chi connectivity index (χ2n) is 2.99. The highest BCUT2D eigenvalue weighted by Crippen LogP contribution is 2.10. The molecule has 0 aromatic heterocycles. The standard InChI is InChI=1S/C11H12N2O.2C2H6/c1-2-4-11(14)13-10-6-3-5-9(7-10)8-12;2*1-2/h3,5-7H,2,4H2,1H3,(H,13,14);2*1-2H3. The van der Waals surface area contributed by atoms with Gasteiger partial charge in [-0.05, 0) is 24.6 Å². The molecule has 100 valence electrons. The summed E-state index contributed by atoms with van der Waals surface area (Å²) in [4.78, 5) is 11.2. The third-order valence-electron chi connectivity index (χ3n) is 1.75. The Bertz CT molecular complexity index is 367. The first-order chi connectivity index (χ1) is 8.76. The van der Waals surface area contributed by atoms with Crippen molar-refractivity contribution in [2.24, 2.45) is 0 Å². The minimum absolute atomic E-state index is 0.0115. The van der Waals surface area contributed by atoms with E-state index in [2.05, 4.69) is 5.32 Å². The van der Waals surface area contributed by atoms with Crippen LogP contribution in [0.25, 0.3) is 0 Å². The highest BCUT2D eigenvalue weighted by Gasteiger charge is 2.00. The van der Waals surface area contributed by atoms with E-state index in [9.17, 15) is 4.79 Å². The number of carbonyl (C=O) groups is 1. The van der Waals surface area contributed by atoms with Crippen molar-refractivity contribution in [3.8, 4) is 6.07 Å². The second kappa shape index (κ2) is 13.2. The predicted molar refractivity (Wildman–Crippen MR) is 77.4 cm³/mol. The van der Waals surface area contributed by atoms with Crippen molar-refractivity contribution in [3.63, 3.8) is 0 Å². The van der Waals surface area contributed by atoms with Crippen LogP contribution in [-0.2, 0) is 4.79 Å². The van der Waals surface area contributed by atoms with Gasteiger partial charge in [-0.2, -0.15) is 5.26 Å². The fourth-order valence-corrected chi connectivity index (χ4v) is 1.12. The molecule has 0 saturated carbocycles. The van der Waals surface area contributed by atoms with Gasteiger partial charge in [0.15, 0.2) is 0 Å². The topological polar surface area (TPSA) is 52.9 Å². The predicted octanol–water partition coefficient (Wildman–Crippen LogP) is 4.35. The van der Waals surface area contributed by atoms with Gasteiger partial charge in [-0.1, -0.05) is 40.7 Å². The molecule has 0 radical (unpaired) electrons. The number of hydrogen-bond acceptors (Lipinski definition) is 2. The number of hydrogen-bond donors (Lipinski definition) is 1. The summed E-state index contributed by atoms with van der Waals surface area (Å²) in [7, 11) is 0. The molecule has 1 amide bonds. The molecule has 0 aliphatic rings. The number of amides is 1. The molecule has 0 heterocycles. The molecule has 0 unspecified atom stereocenters. The number of anilines is 1. The van der Waals surface area contributed by atoms with Crippen molar-refractivity contribution >= 4 is 11.6 Å². The van der Waals surface area contributed by atoms with Crippen LogP contribution in [-0.4, -0.2) is 5.91 Å². The van der Waals surface area contributed by atoms with Crippen LogP contribution < -0.4 is 5.32 Å². The Morgan fingerprint density at radius 3 is 2.39 bits per heavy atom. The molecule has 18 heavy (non-hydrogen) atoms. The van der Waals surface area contributed by atoms with E-state index in [-0.39, 0.29) is 5.91 Å². The largest absolute Gasteiger partial charge is 0.326 e. The zero-order chi connectivity index (χ0) is 14.4. The molecule has 1 aromatic rings. The van der Waals surface area contributed by atoms with Gasteiger partial charge in [0.1, 0.15) is 0 Å². The second-order valence-corrected chi connectivity index (χ2v) is 2.99. The zero-order valence-electron chi connectivity index (χ0n) is 12.1. The van der Waals surface area contributed by atoms with E-state index in [1.54, 1.807) is 24.3 Å². The Labute approximate surface area is 111 Å². The van der Waals surface area contributed by atoms with Gasteiger partial charge in [0.2, 0.25) is 5.91 Å². The quantitative estimate of drug-likeness (QED) is 0.864. The highest BCUT2D eigenvalue weighted by molar-refractivity contribution is 5.90. The summed E-state index contributed by atoms with van der Waals surface area (Å²) in [6.07, 6.45) is 1.33. The molecule has 1 N–H and O–H groups in total. The van der Waals surface area contributed by atoms with Crippen LogP contribution in [0.5, 0.6) is 0 Å². The molecule has 0 aliphatic heterocycles. The van der Waals surface area contributed by atoms with E-state index in [0.717, 1.165) is 6.42 Å². The maximum atomic E-state index is 11.2. The maximum Gasteiger partial charge on any atom is 0.224 e. The van der Waals surface area contributed by atoms with E-state index in [1.165, 1.54) is 0 Å². The first-order valence-electron chi connectivity index (χ1n) is 6.56. The van der Waals surface area contributed by atoms with Crippen molar-refractivity contribution in [1.82, 2.24) is 0 Å². The van der Waals surface area contributed by atoms with Gasteiger partial charge in [0.25, 0.3) is 0 Å². The molecule has 0 fully saturated rings. The van der Waals surface area contributed by atoms with Gasteiger partial charge in [0.05, 0.1) is 11.6 Å². The lowest BCUT2D eigenvalue weighted by Crippen LogP contribution is -2.10. The van der Waals surface area contributed by atoms with E-state index in [1.807, 2.05) is 40.7 Å². The van der Waals surface area contributed by atoms with Crippen molar-refractivity contribution in [1.29, 1.82) is 5.26 Å². The van der Waals surface area contributed by atoms with Crippen LogP contribution in [0.1, 0.15) is 53.0 Å². The molecule has 1 rings (SSSR count). The smallest absolute Gasteiger partial charge is 0.224 e. The van der Waals surface area contributed by atoms with Crippen LogP contribution in [0, 0.1) is 11.3 Å². The molecule has 3 nitrogen and oxygen atoms in total. The monoisotopic (exact) mass is 248 g/mol. The van der Waals surface area contributed by atoms with Gasteiger partial charge in [0, 0.05) is 12.1 Å². The molecule has 0 bridgehead atoms. The Balaban J connectivity index is 0. The molecule has 0 aliphatic carbocycles. The average Bonchev–Trinajstić information content (AvgIpc) is 2.43. The van der Waals surface area contributed by atoms with E-state index in [4.69, 9.17) is 5.26 Å². The molecular weight excluding hydrogens is 224 g/mol. The minimum Gasteiger partial charge on any atom is -0.326 e. The summed E-state index contributed by atoms with van der Waals surface area (Å²) in [5.74, 6) is -0.0115. The van der Waals surface area contributed by atoms with E-state index in [0.29, 0.717) is 17.7 Å². The van der Waals surface area contributed by atoms with Crippen molar-refractivity contribution in [3.05, 3.63) is 29.8 Å². The van der Waals surface area contributed by atoms with Crippen LogP contribution in [0.2, 0.25) is 0 Å². The van der Waals surface area contributed by atoms with Gasteiger partial charge in [-0.25, -0.2) is 0 Å². The number of nitrogens with one attached hydrogen (secondary N) is 1. The summed E-state index contributed by atoms with van der Waals surface area (Å²) in [6, 6.07) is 8.91. The van der Waals surface area contributed by atoms with Crippen LogP contribution in [0.3, 0.4) is 0 Å². The fourth-order valence-electron chi connectivity index (χ4n) is 1.12. The average molecular weight is 248 g/mol. The Morgan fingerprint density at radius 1 is 1.28 bits per heavy atom. The molecular formula is C15H24N2O. The molecule has 1 aromatic carbocycles. The maximum absolute atomic E-state index is 11.2. The lowest BCUT2D eigenvalue weighted by atomic mass is 10.2. The number of rotatable bonds is 3. The highest BCUT2D eigenvalue weighted by atomic mass is 16.1. The number of nitriles is 1. The fraction of sp³-hybridized carbons (Fsp3) is 0.467. The van der Waals surface area contributed by atoms with Gasteiger partial charge in [-0.15, -0.1) is 0 Å². The summed E-state index contributed by atoms with van der Waals surface area (Å²) < 4.78 is 0. The third kappa shape index (κ3) is 8.35. The minimum atomic E-state index is -0.0115. The zero-order valence-corrected chi connectivity index (χ0v) is 12.1. The summed E-state index contributed by atoms with van der Waals surface area (Å²) in [5, 5.41) is 11.4. The van der Waals surface area contributed by atoms with Crippen LogP contribution >= 0.6 is 0 Å². The first kappa shape index (κ1) is 18.5. The first-order valence-corrected chi connectivity index (χ1v) is 6.56. The van der Waals surface area contributed by atoms with Crippen LogP contribution in [0.4, 0.5) is 5.69 Å². The summed E-state index contributed by atoms with van der Waals surface area (Å²) in [5.41, 5.74) is 1.24. The Kier molecular flexibility index (Phi) is 13.6. The van der Waals surface area contributed by atoms with Crippen molar-refractivity contribution in [2.75, 3.05) is 5.32 Å². The number of nitrogens with zero attached hydrogens (tertiary/aromatic N) is 1. The number of benzene rings is 1. The van der Waals surface area contributed by atoms with Crippen molar-refractivity contribution < 1.29 is 4.79 Å². The van der Waals surface area contributed by atoms with E-state index >= 15 is 0 Å². The number of carbonyl (C=O) groups excluding carboxylic acids is 1. The van der Waals surface area contributed by atoms with Crippen molar-refractivity contribution in [2.45, 2.75) is 47.5 Å². The lowest BCUT2D eigenvalue weighted by molar-refractivity contribution is -0.116. The summed E-state index contributed by atoms with van der Waals surface area (Å²) >= 11 is 0. The Hall–Kier alpha value is -1.82. The molecule has 0 saturated heterocycles. The van der Waals surface area contributed by atoms with Gasteiger partial charge >= 0.3 is 0 Å². The van der Waals surface area contributed by atoms with Gasteiger partial charge in [-0.3, -0.25) is 4.79 Å². The van der Waals surface area contributed by atoms with Gasteiger partial charge < -0.3 is 5.32 Å². The SMILES string of the molecule is CC.CC.CCCC(=O)Nc1cccc(C#N)c1. The summed E-state index contributed by atoms with van der Waals surface area (Å²) in [6.45, 7) is 9.95. The van der Waals surface area contributed by atoms with E-state index < -0.39 is 0 Å². The molecule has 3 heteroatoms. The Morgan fingerprint density at radius 2 is 1.89 bits per heavy atom. The normalized spacial score (nSPS) is 7.78.